The second-order valence-electron chi connectivity index (χ2n) is 5.63. The van der Waals surface area contributed by atoms with Crippen molar-refractivity contribution in [3.05, 3.63) is 57.9 Å². The zero-order valence-corrected chi connectivity index (χ0v) is 16.1. The Kier molecular flexibility index (Phi) is 4.59. The molecule has 27 heavy (non-hydrogen) atoms. The number of hydrogen-bond acceptors (Lipinski definition) is 7. The minimum Gasteiger partial charge on any atom is -0.467 e. The average molecular weight is 400 g/mol. The Morgan fingerprint density at radius 2 is 1.85 bits per heavy atom. The Bertz CT molecular complexity index is 1170. The predicted octanol–water partition coefficient (Wildman–Crippen LogP) is 3.52. The van der Waals surface area contributed by atoms with E-state index in [1.807, 2.05) is 6.92 Å². The summed E-state index contributed by atoms with van der Waals surface area (Å²) in [6, 6.07) is 7.38. The molecule has 7 nitrogen and oxygen atoms in total. The van der Waals surface area contributed by atoms with E-state index in [1.165, 1.54) is 18.4 Å². The largest absolute Gasteiger partial charge is 0.467 e. The summed E-state index contributed by atoms with van der Waals surface area (Å²) in [6.45, 7) is 1.95. The molecule has 0 saturated heterocycles. The average Bonchev–Trinajstić information content (AvgIpc) is 3.13. The smallest absolute Gasteiger partial charge is 0.316 e. The van der Waals surface area contributed by atoms with Crippen molar-refractivity contribution in [1.29, 1.82) is 0 Å². The fourth-order valence-electron chi connectivity index (χ4n) is 2.67. The molecule has 0 atom stereocenters. The number of benzene rings is 1. The maximum atomic E-state index is 13.1. The number of nitrogens with zero attached hydrogens (tertiary/aromatic N) is 5. The van der Waals surface area contributed by atoms with Gasteiger partial charge in [-0.05, 0) is 24.3 Å². The van der Waals surface area contributed by atoms with E-state index in [0.717, 1.165) is 5.69 Å². The van der Waals surface area contributed by atoms with Crippen molar-refractivity contribution in [2.75, 3.05) is 7.11 Å². The molecule has 0 bridgehead atoms. The molecule has 9 heteroatoms. The first-order chi connectivity index (χ1) is 13.1. The molecule has 0 fully saturated rings. The number of ether oxygens (including phenoxy) is 1. The predicted molar refractivity (Wildman–Crippen MR) is 105 cm³/mol. The van der Waals surface area contributed by atoms with Crippen LogP contribution in [-0.2, 0) is 6.42 Å². The number of aromatic nitrogens is 5. The molecule has 0 aliphatic heterocycles. The third-order valence-electron chi connectivity index (χ3n) is 3.96. The van der Waals surface area contributed by atoms with E-state index in [-0.39, 0.29) is 11.6 Å². The Morgan fingerprint density at radius 3 is 2.48 bits per heavy atom. The van der Waals surface area contributed by atoms with Gasteiger partial charge in [0.05, 0.1) is 12.8 Å². The van der Waals surface area contributed by atoms with Gasteiger partial charge in [-0.25, -0.2) is 19.9 Å². The summed E-state index contributed by atoms with van der Waals surface area (Å²) in [5, 5.41) is 1.24. The van der Waals surface area contributed by atoms with Crippen LogP contribution in [-0.4, -0.2) is 31.6 Å². The monoisotopic (exact) mass is 399 g/mol. The summed E-state index contributed by atoms with van der Waals surface area (Å²) in [4.78, 5) is 30.4. The van der Waals surface area contributed by atoms with Crippen LogP contribution in [0.4, 0.5) is 0 Å². The molecular weight excluding hydrogens is 386 g/mol. The maximum Gasteiger partial charge on any atom is 0.316 e. The van der Waals surface area contributed by atoms with Crippen molar-refractivity contribution in [3.8, 4) is 22.3 Å². The van der Waals surface area contributed by atoms with Crippen molar-refractivity contribution in [3.63, 3.8) is 0 Å². The molecule has 0 unspecified atom stereocenters. The summed E-state index contributed by atoms with van der Waals surface area (Å²) < 4.78 is 7.05. The molecule has 0 N–H and O–H groups in total. The lowest BCUT2D eigenvalue weighted by molar-refractivity contribution is 0.380. The minimum atomic E-state index is -0.155. The van der Waals surface area contributed by atoms with Crippen LogP contribution in [0, 0.1) is 0 Å². The van der Waals surface area contributed by atoms with Crippen LogP contribution < -0.4 is 10.3 Å². The van der Waals surface area contributed by atoms with Crippen LogP contribution in [0.5, 0.6) is 6.01 Å². The molecule has 0 saturated carbocycles. The van der Waals surface area contributed by atoms with E-state index < -0.39 is 0 Å². The molecule has 0 amide bonds. The van der Waals surface area contributed by atoms with E-state index in [4.69, 9.17) is 16.3 Å². The molecule has 136 valence electrons. The number of fused-ring (bicyclic) bond motifs is 1. The number of hydrogen-bond donors (Lipinski definition) is 0. The lowest BCUT2D eigenvalue weighted by atomic mass is 10.3. The van der Waals surface area contributed by atoms with Gasteiger partial charge in [0, 0.05) is 29.4 Å². The number of aryl methyl sites for hydroxylation is 1. The third kappa shape index (κ3) is 3.17. The quantitative estimate of drug-likeness (QED) is 0.522. The van der Waals surface area contributed by atoms with Gasteiger partial charge in [0.15, 0.2) is 5.65 Å². The van der Waals surface area contributed by atoms with E-state index in [0.29, 0.717) is 38.2 Å². The molecule has 1 aromatic carbocycles. The fraction of sp³-hybridized carbons (Fsp3) is 0.167. The fourth-order valence-corrected chi connectivity index (χ4v) is 3.70. The lowest BCUT2D eigenvalue weighted by Crippen LogP contribution is -2.22. The van der Waals surface area contributed by atoms with Crippen molar-refractivity contribution >= 4 is 33.3 Å². The molecule has 0 aliphatic carbocycles. The van der Waals surface area contributed by atoms with Gasteiger partial charge in [-0.3, -0.25) is 9.36 Å². The zero-order chi connectivity index (χ0) is 19.0. The molecule has 0 aliphatic rings. The molecule has 0 radical (unpaired) electrons. The summed E-state index contributed by atoms with van der Waals surface area (Å²) in [5.74, 6) is 0.637. The molecule has 0 spiro atoms. The van der Waals surface area contributed by atoms with E-state index >= 15 is 0 Å². The molecule has 3 heterocycles. The Hall–Kier alpha value is -2.84. The van der Waals surface area contributed by atoms with Gasteiger partial charge in [-0.1, -0.05) is 18.5 Å². The Balaban J connectivity index is 1.89. The van der Waals surface area contributed by atoms with Crippen molar-refractivity contribution < 1.29 is 4.74 Å². The lowest BCUT2D eigenvalue weighted by Gasteiger charge is -2.10. The molecule has 3 aromatic heterocycles. The van der Waals surface area contributed by atoms with Gasteiger partial charge < -0.3 is 4.74 Å². The van der Waals surface area contributed by atoms with Crippen LogP contribution >= 0.6 is 22.9 Å². The first-order valence-corrected chi connectivity index (χ1v) is 9.35. The molecule has 4 aromatic rings. The number of halogens is 1. The molecular formula is C18H14ClN5O2S. The zero-order valence-electron chi connectivity index (χ0n) is 14.5. The SMILES string of the molecule is CCc1nc2nc(-c3cnc(OC)nc3)sc2c(=O)n1-c1ccc(Cl)cc1. The maximum absolute atomic E-state index is 13.1. The van der Waals surface area contributed by atoms with E-state index in [2.05, 4.69) is 19.9 Å². The third-order valence-corrected chi connectivity index (χ3v) is 5.29. The van der Waals surface area contributed by atoms with Crippen LogP contribution in [0.3, 0.4) is 0 Å². The van der Waals surface area contributed by atoms with Gasteiger partial charge in [-0.15, -0.1) is 11.3 Å². The number of thiazole rings is 1. The summed E-state index contributed by atoms with van der Waals surface area (Å²) in [7, 11) is 1.50. The first-order valence-electron chi connectivity index (χ1n) is 8.15. The summed E-state index contributed by atoms with van der Waals surface area (Å²) in [6.07, 6.45) is 3.82. The Morgan fingerprint density at radius 1 is 1.15 bits per heavy atom. The second kappa shape index (κ2) is 7.05. The highest BCUT2D eigenvalue weighted by Crippen LogP contribution is 2.28. The first kappa shape index (κ1) is 17.6. The van der Waals surface area contributed by atoms with Gasteiger partial charge in [0.1, 0.15) is 15.5 Å². The highest BCUT2D eigenvalue weighted by molar-refractivity contribution is 7.21. The van der Waals surface area contributed by atoms with Gasteiger partial charge in [0.25, 0.3) is 5.56 Å². The van der Waals surface area contributed by atoms with Crippen molar-refractivity contribution in [2.45, 2.75) is 13.3 Å². The van der Waals surface area contributed by atoms with Gasteiger partial charge >= 0.3 is 6.01 Å². The minimum absolute atomic E-state index is 0.155. The van der Waals surface area contributed by atoms with Crippen LogP contribution in [0.1, 0.15) is 12.7 Å². The van der Waals surface area contributed by atoms with Gasteiger partial charge in [-0.2, -0.15) is 0 Å². The van der Waals surface area contributed by atoms with Crippen LogP contribution in [0.25, 0.3) is 26.6 Å². The second-order valence-corrected chi connectivity index (χ2v) is 7.06. The summed E-state index contributed by atoms with van der Waals surface area (Å²) >= 11 is 7.24. The van der Waals surface area contributed by atoms with E-state index in [9.17, 15) is 4.79 Å². The molecule has 4 rings (SSSR count). The highest BCUT2D eigenvalue weighted by atomic mass is 35.5. The van der Waals surface area contributed by atoms with Crippen molar-refractivity contribution in [1.82, 2.24) is 24.5 Å². The Labute approximate surface area is 163 Å². The van der Waals surface area contributed by atoms with Crippen molar-refractivity contribution in [2.24, 2.45) is 0 Å². The van der Waals surface area contributed by atoms with Crippen LogP contribution in [0.2, 0.25) is 5.02 Å². The number of rotatable bonds is 4. The highest BCUT2D eigenvalue weighted by Gasteiger charge is 2.17. The van der Waals surface area contributed by atoms with Gasteiger partial charge in [0.2, 0.25) is 0 Å². The normalized spacial score (nSPS) is 11.1. The topological polar surface area (TPSA) is 82.8 Å². The van der Waals surface area contributed by atoms with Crippen LogP contribution in [0.15, 0.2) is 41.5 Å². The summed E-state index contributed by atoms with van der Waals surface area (Å²) in [5.41, 5.74) is 1.70. The number of methoxy groups -OCH3 is 1. The van der Waals surface area contributed by atoms with E-state index in [1.54, 1.807) is 41.2 Å². The standard InChI is InChI=1S/C18H14ClN5O2S/c1-3-13-22-15-14(17(25)24(13)12-6-4-11(19)5-7-12)27-16(23-15)10-8-20-18(26-2)21-9-10/h4-9H,3H2,1-2H3.